The van der Waals surface area contributed by atoms with Crippen LogP contribution in [0.3, 0.4) is 0 Å². The largest absolute Gasteiger partial charge is 0.379 e. The summed E-state index contributed by atoms with van der Waals surface area (Å²) >= 11 is 0. The summed E-state index contributed by atoms with van der Waals surface area (Å²) in [7, 11) is -3.51. The molecule has 2 heterocycles. The van der Waals surface area contributed by atoms with Crippen molar-refractivity contribution in [2.24, 2.45) is 0 Å². The second-order valence-electron chi connectivity index (χ2n) is 6.57. The van der Waals surface area contributed by atoms with Gasteiger partial charge in [-0.3, -0.25) is 4.90 Å². The molecule has 2 rings (SSSR count). The average molecular weight is 371 g/mol. The predicted octanol–water partition coefficient (Wildman–Crippen LogP) is 1.68. The molecule has 2 N–H and O–H groups in total. The second kappa shape index (κ2) is 9.47. The standard InChI is InChI=1S/C17H30N4O3S/c1-4-5-14(2)20-25(22,23)16-6-7-17(19-13-16)18-12-15(3)21-8-10-24-11-9-21/h6-7,13-15,20H,4-5,8-12H2,1-3H3,(H,18,19). The smallest absolute Gasteiger partial charge is 0.242 e. The van der Waals surface area contributed by atoms with Crippen LogP contribution in [0.4, 0.5) is 5.82 Å². The summed E-state index contributed by atoms with van der Waals surface area (Å²) in [5.74, 6) is 0.681. The van der Waals surface area contributed by atoms with Crippen LogP contribution in [0.25, 0.3) is 0 Å². The molecule has 1 aromatic heterocycles. The number of nitrogens with zero attached hydrogens (tertiary/aromatic N) is 2. The Morgan fingerprint density at radius 1 is 1.28 bits per heavy atom. The molecule has 1 aliphatic heterocycles. The molecule has 1 aliphatic rings. The van der Waals surface area contributed by atoms with Crippen LogP contribution < -0.4 is 10.0 Å². The lowest BCUT2D eigenvalue weighted by molar-refractivity contribution is 0.0227. The molecule has 1 aromatic rings. The fraction of sp³-hybridized carbons (Fsp3) is 0.706. The highest BCUT2D eigenvalue weighted by Gasteiger charge is 2.18. The van der Waals surface area contributed by atoms with Gasteiger partial charge in [-0.25, -0.2) is 18.1 Å². The van der Waals surface area contributed by atoms with Gasteiger partial charge in [0.05, 0.1) is 13.2 Å². The Labute approximate surface area is 151 Å². The number of hydrogen-bond acceptors (Lipinski definition) is 6. The van der Waals surface area contributed by atoms with Crippen LogP contribution >= 0.6 is 0 Å². The molecule has 1 saturated heterocycles. The van der Waals surface area contributed by atoms with Crippen LogP contribution in [0.15, 0.2) is 23.2 Å². The summed E-state index contributed by atoms with van der Waals surface area (Å²) in [4.78, 5) is 6.81. The number of sulfonamides is 1. The van der Waals surface area contributed by atoms with Gasteiger partial charge < -0.3 is 10.1 Å². The van der Waals surface area contributed by atoms with Crippen molar-refractivity contribution in [2.45, 2.75) is 50.6 Å². The first-order valence-corrected chi connectivity index (χ1v) is 10.4. The second-order valence-corrected chi connectivity index (χ2v) is 8.28. The van der Waals surface area contributed by atoms with Crippen molar-refractivity contribution in [1.29, 1.82) is 0 Å². The predicted molar refractivity (Wildman–Crippen MR) is 99.3 cm³/mol. The van der Waals surface area contributed by atoms with E-state index in [9.17, 15) is 8.42 Å². The number of anilines is 1. The van der Waals surface area contributed by atoms with Crippen LogP contribution in [0.1, 0.15) is 33.6 Å². The maximum atomic E-state index is 12.3. The van der Waals surface area contributed by atoms with Gasteiger partial charge >= 0.3 is 0 Å². The van der Waals surface area contributed by atoms with Crippen molar-refractivity contribution < 1.29 is 13.2 Å². The lowest BCUT2D eigenvalue weighted by atomic mass is 10.2. The van der Waals surface area contributed by atoms with Crippen LogP contribution in [-0.4, -0.2) is 63.2 Å². The van der Waals surface area contributed by atoms with Crippen LogP contribution in [0.2, 0.25) is 0 Å². The molecule has 0 bridgehead atoms. The van der Waals surface area contributed by atoms with E-state index in [1.165, 1.54) is 6.20 Å². The van der Waals surface area contributed by atoms with Gasteiger partial charge in [-0.15, -0.1) is 0 Å². The van der Waals surface area contributed by atoms with E-state index in [-0.39, 0.29) is 10.9 Å². The molecule has 0 aliphatic carbocycles. The van der Waals surface area contributed by atoms with Crippen LogP contribution in [0, 0.1) is 0 Å². The summed E-state index contributed by atoms with van der Waals surface area (Å²) in [6, 6.07) is 3.59. The van der Waals surface area contributed by atoms with Crippen molar-refractivity contribution in [3.8, 4) is 0 Å². The number of aromatic nitrogens is 1. The molecule has 0 spiro atoms. The zero-order valence-corrected chi connectivity index (χ0v) is 16.2. The maximum absolute atomic E-state index is 12.3. The molecule has 0 radical (unpaired) electrons. The minimum absolute atomic E-state index is 0.0813. The zero-order valence-electron chi connectivity index (χ0n) is 15.4. The third-order valence-electron chi connectivity index (χ3n) is 4.37. The molecule has 2 unspecified atom stereocenters. The van der Waals surface area contributed by atoms with Gasteiger partial charge in [0.25, 0.3) is 0 Å². The minimum atomic E-state index is -3.51. The van der Waals surface area contributed by atoms with E-state index < -0.39 is 10.0 Å². The highest BCUT2D eigenvalue weighted by Crippen LogP contribution is 2.13. The number of pyridine rings is 1. The number of nitrogens with one attached hydrogen (secondary N) is 2. The number of morpholine rings is 1. The third-order valence-corrected chi connectivity index (χ3v) is 5.95. The summed E-state index contributed by atoms with van der Waals surface area (Å²) < 4.78 is 32.7. The van der Waals surface area contributed by atoms with Gasteiger partial charge in [0.1, 0.15) is 10.7 Å². The first-order chi connectivity index (χ1) is 11.9. The average Bonchev–Trinajstić information content (AvgIpc) is 2.60. The molecule has 0 saturated carbocycles. The van der Waals surface area contributed by atoms with Gasteiger partial charge in [-0.05, 0) is 32.4 Å². The van der Waals surface area contributed by atoms with Crippen molar-refractivity contribution in [1.82, 2.24) is 14.6 Å². The Bertz CT molecular complexity index is 615. The molecular formula is C17H30N4O3S. The summed E-state index contributed by atoms with van der Waals surface area (Å²) in [5, 5.41) is 3.27. The van der Waals surface area contributed by atoms with Gasteiger partial charge in [-0.1, -0.05) is 13.3 Å². The van der Waals surface area contributed by atoms with E-state index in [1.807, 2.05) is 13.8 Å². The van der Waals surface area contributed by atoms with Gasteiger partial charge in [0.15, 0.2) is 0 Å². The zero-order chi connectivity index (χ0) is 18.3. The van der Waals surface area contributed by atoms with E-state index in [0.717, 1.165) is 45.7 Å². The Kier molecular flexibility index (Phi) is 7.61. The number of rotatable bonds is 9. The van der Waals surface area contributed by atoms with E-state index in [0.29, 0.717) is 11.9 Å². The van der Waals surface area contributed by atoms with Gasteiger partial charge in [-0.2, -0.15) is 0 Å². The van der Waals surface area contributed by atoms with Gasteiger partial charge in [0.2, 0.25) is 10.0 Å². The van der Waals surface area contributed by atoms with Crippen molar-refractivity contribution >= 4 is 15.8 Å². The first-order valence-electron chi connectivity index (χ1n) is 8.96. The normalized spacial score (nSPS) is 18.7. The molecule has 2 atom stereocenters. The lowest BCUT2D eigenvalue weighted by Gasteiger charge is -2.32. The molecule has 0 amide bonds. The highest BCUT2D eigenvalue weighted by atomic mass is 32.2. The van der Waals surface area contributed by atoms with E-state index in [4.69, 9.17) is 4.74 Å². The van der Waals surface area contributed by atoms with Crippen LogP contribution in [0.5, 0.6) is 0 Å². The third kappa shape index (κ3) is 6.22. The molecule has 1 fully saturated rings. The van der Waals surface area contributed by atoms with E-state index in [2.05, 4.69) is 26.8 Å². The molecule has 7 nitrogen and oxygen atoms in total. The van der Waals surface area contributed by atoms with Crippen LogP contribution in [-0.2, 0) is 14.8 Å². The molecule has 25 heavy (non-hydrogen) atoms. The quantitative estimate of drug-likeness (QED) is 0.688. The SMILES string of the molecule is CCCC(C)NS(=O)(=O)c1ccc(NCC(C)N2CCOCC2)nc1. The Morgan fingerprint density at radius 2 is 2.00 bits per heavy atom. The monoisotopic (exact) mass is 370 g/mol. The van der Waals surface area contributed by atoms with E-state index in [1.54, 1.807) is 12.1 Å². The lowest BCUT2D eigenvalue weighted by Crippen LogP contribution is -2.45. The first kappa shape index (κ1) is 20.1. The Hall–Kier alpha value is -1.22. The topological polar surface area (TPSA) is 83.6 Å². The highest BCUT2D eigenvalue weighted by molar-refractivity contribution is 7.89. The Morgan fingerprint density at radius 3 is 2.60 bits per heavy atom. The molecule has 8 heteroatoms. The number of hydrogen-bond donors (Lipinski definition) is 2. The fourth-order valence-corrected chi connectivity index (χ4v) is 4.09. The van der Waals surface area contributed by atoms with Crippen molar-refractivity contribution in [3.63, 3.8) is 0 Å². The Balaban J connectivity index is 1.88. The summed E-state index contributed by atoms with van der Waals surface area (Å²) in [6.45, 7) is 10.3. The maximum Gasteiger partial charge on any atom is 0.242 e. The van der Waals surface area contributed by atoms with Gasteiger partial charge in [0, 0.05) is 37.9 Å². The van der Waals surface area contributed by atoms with Crippen molar-refractivity contribution in [2.75, 3.05) is 38.2 Å². The number of ether oxygens (including phenoxy) is 1. The minimum Gasteiger partial charge on any atom is -0.379 e. The molecular weight excluding hydrogens is 340 g/mol. The summed E-state index contributed by atoms with van der Waals surface area (Å²) in [5.41, 5.74) is 0. The molecule has 0 aromatic carbocycles. The van der Waals surface area contributed by atoms with Crippen molar-refractivity contribution in [3.05, 3.63) is 18.3 Å². The molecule has 142 valence electrons. The van der Waals surface area contributed by atoms with E-state index >= 15 is 0 Å². The fourth-order valence-electron chi connectivity index (χ4n) is 2.87. The summed E-state index contributed by atoms with van der Waals surface area (Å²) in [6.07, 6.45) is 3.15.